The molecule has 0 unspecified atom stereocenters. The van der Waals surface area contributed by atoms with E-state index >= 15 is 0 Å². The summed E-state index contributed by atoms with van der Waals surface area (Å²) >= 11 is 0. The highest BCUT2D eigenvalue weighted by molar-refractivity contribution is 7.89. The van der Waals surface area contributed by atoms with Gasteiger partial charge in [-0.1, -0.05) is 0 Å². The van der Waals surface area contributed by atoms with Crippen LogP contribution in [0.2, 0.25) is 0 Å². The number of rotatable bonds is 5. The third-order valence-electron chi connectivity index (χ3n) is 3.44. The third-order valence-corrected chi connectivity index (χ3v) is 4.96. The quantitative estimate of drug-likeness (QED) is 0.870. The summed E-state index contributed by atoms with van der Waals surface area (Å²) in [6.07, 6.45) is 1.94. The lowest BCUT2D eigenvalue weighted by atomic mass is 10.1. The van der Waals surface area contributed by atoms with Crippen LogP contribution in [0.4, 0.5) is 0 Å². The smallest absolute Gasteiger partial charge is 0.240 e. The van der Waals surface area contributed by atoms with E-state index in [2.05, 4.69) is 10.0 Å². The second kappa shape index (κ2) is 6.77. The van der Waals surface area contributed by atoms with Crippen LogP contribution in [-0.2, 0) is 10.0 Å². The van der Waals surface area contributed by atoms with Crippen molar-refractivity contribution < 1.29 is 13.2 Å². The molecule has 1 aliphatic heterocycles. The Morgan fingerprint density at radius 3 is 2.71 bits per heavy atom. The number of hydrogen-bond acceptors (Lipinski definition) is 4. The fourth-order valence-electron chi connectivity index (χ4n) is 2.42. The first-order chi connectivity index (χ1) is 9.88. The average molecular weight is 312 g/mol. The molecule has 0 bridgehead atoms. The van der Waals surface area contributed by atoms with E-state index in [9.17, 15) is 8.42 Å². The second-order valence-electron chi connectivity index (χ2n) is 5.76. The highest BCUT2D eigenvalue weighted by atomic mass is 32.2. The molecular formula is C15H24N2O3S. The van der Waals surface area contributed by atoms with E-state index in [1.807, 2.05) is 20.8 Å². The number of ether oxygens (including phenoxy) is 1. The van der Waals surface area contributed by atoms with Crippen LogP contribution in [0.15, 0.2) is 23.1 Å². The van der Waals surface area contributed by atoms with Crippen LogP contribution in [0.5, 0.6) is 5.75 Å². The maximum absolute atomic E-state index is 12.4. The highest BCUT2D eigenvalue weighted by Crippen LogP contribution is 2.23. The molecule has 1 aromatic rings. The molecule has 0 aromatic heterocycles. The summed E-state index contributed by atoms with van der Waals surface area (Å²) in [6.45, 7) is 7.40. The predicted molar refractivity (Wildman–Crippen MR) is 83.2 cm³/mol. The van der Waals surface area contributed by atoms with Gasteiger partial charge in [-0.25, -0.2) is 13.1 Å². The van der Waals surface area contributed by atoms with Gasteiger partial charge in [0.05, 0.1) is 11.0 Å². The number of piperidine rings is 1. The van der Waals surface area contributed by atoms with Crippen molar-refractivity contribution in [3.63, 3.8) is 0 Å². The number of aryl methyl sites for hydroxylation is 1. The van der Waals surface area contributed by atoms with E-state index in [1.54, 1.807) is 18.2 Å². The van der Waals surface area contributed by atoms with Gasteiger partial charge in [0, 0.05) is 12.6 Å². The minimum absolute atomic E-state index is 0.0318. The predicted octanol–water partition coefficient (Wildman–Crippen LogP) is 1.81. The van der Waals surface area contributed by atoms with Crippen molar-refractivity contribution in [2.45, 2.75) is 50.7 Å². The molecule has 21 heavy (non-hydrogen) atoms. The minimum Gasteiger partial charge on any atom is -0.491 e. The molecule has 1 saturated heterocycles. The van der Waals surface area contributed by atoms with Crippen molar-refractivity contribution in [2.24, 2.45) is 0 Å². The Hall–Kier alpha value is -1.11. The van der Waals surface area contributed by atoms with Gasteiger partial charge in [-0.3, -0.25) is 0 Å². The summed E-state index contributed by atoms with van der Waals surface area (Å²) in [4.78, 5) is 0.293. The Labute approximate surface area is 127 Å². The lowest BCUT2D eigenvalue weighted by Crippen LogP contribution is -2.45. The number of sulfonamides is 1. The highest BCUT2D eigenvalue weighted by Gasteiger charge is 2.22. The first kappa shape index (κ1) is 16.3. The molecule has 2 rings (SSSR count). The maximum atomic E-state index is 12.4. The first-order valence-electron chi connectivity index (χ1n) is 7.39. The van der Waals surface area contributed by atoms with Crippen LogP contribution in [0, 0.1) is 6.92 Å². The van der Waals surface area contributed by atoms with Crippen LogP contribution in [0.25, 0.3) is 0 Å². The van der Waals surface area contributed by atoms with Gasteiger partial charge in [-0.05, 0) is 63.9 Å². The van der Waals surface area contributed by atoms with E-state index in [0.717, 1.165) is 30.7 Å². The van der Waals surface area contributed by atoms with Gasteiger partial charge in [0.15, 0.2) is 0 Å². The summed E-state index contributed by atoms with van der Waals surface area (Å²) in [6, 6.07) is 4.96. The average Bonchev–Trinajstić information content (AvgIpc) is 2.41. The molecule has 2 N–H and O–H groups in total. The van der Waals surface area contributed by atoms with Crippen molar-refractivity contribution in [1.82, 2.24) is 10.0 Å². The molecule has 0 aliphatic carbocycles. The topological polar surface area (TPSA) is 67.4 Å². The lowest BCUT2D eigenvalue weighted by molar-refractivity contribution is 0.240. The Morgan fingerprint density at radius 2 is 2.14 bits per heavy atom. The number of hydrogen-bond donors (Lipinski definition) is 2. The zero-order valence-corrected chi connectivity index (χ0v) is 13.7. The molecule has 118 valence electrons. The van der Waals surface area contributed by atoms with Crippen molar-refractivity contribution in [1.29, 1.82) is 0 Å². The molecule has 1 fully saturated rings. The van der Waals surface area contributed by atoms with Crippen LogP contribution in [-0.4, -0.2) is 33.7 Å². The van der Waals surface area contributed by atoms with Gasteiger partial charge in [0.2, 0.25) is 10.0 Å². The Bertz CT molecular complexity index is 579. The summed E-state index contributed by atoms with van der Waals surface area (Å²) < 4.78 is 33.2. The van der Waals surface area contributed by atoms with Gasteiger partial charge in [0.1, 0.15) is 5.75 Å². The normalized spacial score (nSPS) is 19.7. The van der Waals surface area contributed by atoms with Crippen LogP contribution in [0.3, 0.4) is 0 Å². The molecule has 1 atom stereocenters. The SMILES string of the molecule is Cc1cc(S(=O)(=O)N[C@@H]2CCCNC2)ccc1OC(C)C. The Balaban J connectivity index is 2.14. The van der Waals surface area contributed by atoms with E-state index in [0.29, 0.717) is 11.4 Å². The summed E-state index contributed by atoms with van der Waals surface area (Å²) in [5, 5.41) is 3.20. The molecule has 1 heterocycles. The Kier molecular flexibility index (Phi) is 5.24. The van der Waals surface area contributed by atoms with E-state index in [1.165, 1.54) is 0 Å². The van der Waals surface area contributed by atoms with Crippen molar-refractivity contribution in [2.75, 3.05) is 13.1 Å². The zero-order chi connectivity index (χ0) is 15.5. The van der Waals surface area contributed by atoms with E-state index < -0.39 is 10.0 Å². The van der Waals surface area contributed by atoms with E-state index in [4.69, 9.17) is 4.74 Å². The fraction of sp³-hybridized carbons (Fsp3) is 0.600. The molecule has 0 saturated carbocycles. The monoisotopic (exact) mass is 312 g/mol. The molecule has 1 aliphatic rings. The lowest BCUT2D eigenvalue weighted by Gasteiger charge is -2.23. The largest absolute Gasteiger partial charge is 0.491 e. The molecular weight excluding hydrogens is 288 g/mol. The summed E-state index contributed by atoms with van der Waals surface area (Å²) in [7, 11) is -3.47. The summed E-state index contributed by atoms with van der Waals surface area (Å²) in [5.74, 6) is 0.725. The van der Waals surface area contributed by atoms with E-state index in [-0.39, 0.29) is 12.1 Å². The van der Waals surface area contributed by atoms with Crippen molar-refractivity contribution in [3.05, 3.63) is 23.8 Å². The zero-order valence-electron chi connectivity index (χ0n) is 12.8. The number of nitrogens with one attached hydrogen (secondary N) is 2. The van der Waals surface area contributed by atoms with Crippen molar-refractivity contribution in [3.8, 4) is 5.75 Å². The minimum atomic E-state index is -3.47. The van der Waals surface area contributed by atoms with Gasteiger partial charge in [0.25, 0.3) is 0 Å². The molecule has 0 spiro atoms. The molecule has 5 nitrogen and oxygen atoms in total. The van der Waals surface area contributed by atoms with Crippen molar-refractivity contribution >= 4 is 10.0 Å². The standard InChI is InChI=1S/C15H24N2O3S/c1-11(2)20-15-7-6-14(9-12(15)3)21(18,19)17-13-5-4-8-16-10-13/h6-7,9,11,13,16-17H,4-5,8,10H2,1-3H3/t13-/m1/s1. The third kappa shape index (κ3) is 4.43. The molecule has 0 amide bonds. The molecule has 6 heteroatoms. The van der Waals surface area contributed by atoms with Gasteiger partial charge >= 0.3 is 0 Å². The van der Waals surface area contributed by atoms with Crippen LogP contribution < -0.4 is 14.8 Å². The first-order valence-corrected chi connectivity index (χ1v) is 8.87. The maximum Gasteiger partial charge on any atom is 0.240 e. The second-order valence-corrected chi connectivity index (χ2v) is 7.47. The molecule has 0 radical (unpaired) electrons. The van der Waals surface area contributed by atoms with Gasteiger partial charge < -0.3 is 10.1 Å². The Morgan fingerprint density at radius 1 is 1.38 bits per heavy atom. The molecule has 1 aromatic carbocycles. The fourth-order valence-corrected chi connectivity index (χ4v) is 3.77. The van der Waals surface area contributed by atoms with Gasteiger partial charge in [-0.15, -0.1) is 0 Å². The number of benzene rings is 1. The van der Waals surface area contributed by atoms with Gasteiger partial charge in [-0.2, -0.15) is 0 Å². The van der Waals surface area contributed by atoms with Crippen LogP contribution in [0.1, 0.15) is 32.3 Å². The van der Waals surface area contributed by atoms with Crippen LogP contribution >= 0.6 is 0 Å². The summed E-state index contributed by atoms with van der Waals surface area (Å²) in [5.41, 5.74) is 0.827.